The highest BCUT2D eigenvalue weighted by molar-refractivity contribution is 5.91. The third kappa shape index (κ3) is 7.09. The maximum absolute atomic E-state index is 12.5. The molecule has 0 saturated heterocycles. The van der Waals surface area contributed by atoms with Crippen molar-refractivity contribution in [1.29, 1.82) is 0 Å². The minimum absolute atomic E-state index is 0.0934. The van der Waals surface area contributed by atoms with E-state index in [-0.39, 0.29) is 23.7 Å². The number of benzene rings is 1. The van der Waals surface area contributed by atoms with E-state index >= 15 is 0 Å². The number of ketones is 1. The molecule has 0 aliphatic heterocycles. The summed E-state index contributed by atoms with van der Waals surface area (Å²) in [7, 11) is 0. The minimum atomic E-state index is -0.117. The topological polar surface area (TPSA) is 76.0 Å². The molecule has 2 rings (SSSR count). The highest BCUT2D eigenvalue weighted by atomic mass is 16.1. The van der Waals surface area contributed by atoms with Crippen molar-refractivity contribution in [3.8, 4) is 0 Å². The Hall–Kier alpha value is -2.89. The summed E-state index contributed by atoms with van der Waals surface area (Å²) in [5.74, 6) is 0.643. The smallest absolute Gasteiger partial charge is 0.225 e. The van der Waals surface area contributed by atoms with Crippen LogP contribution >= 0.6 is 0 Å². The summed E-state index contributed by atoms with van der Waals surface area (Å²) in [6.07, 6.45) is 3.13. The van der Waals surface area contributed by atoms with Gasteiger partial charge in [0.05, 0.1) is 12.2 Å². The standard InChI is InChI=1S/C25H36N4O2/c1-8-19(4)29-23(15-22(28-29)25(5,6)7)27-24(31)11-9-10-21(30)16-26-20-13-12-17(2)18(3)14-20/h8,12-15,26H,9-11,16H2,1-7H3,(H,27,31)/b19-8+. The van der Waals surface area contributed by atoms with Crippen LogP contribution in [0.2, 0.25) is 0 Å². The summed E-state index contributed by atoms with van der Waals surface area (Å²) in [6, 6.07) is 7.98. The Balaban J connectivity index is 1.85. The molecule has 2 aromatic rings. The first-order valence-electron chi connectivity index (χ1n) is 10.9. The lowest BCUT2D eigenvalue weighted by Crippen LogP contribution is -2.17. The van der Waals surface area contributed by atoms with Crippen LogP contribution in [0.25, 0.3) is 5.70 Å². The van der Waals surface area contributed by atoms with Gasteiger partial charge in [0.1, 0.15) is 5.82 Å². The zero-order valence-corrected chi connectivity index (χ0v) is 19.9. The molecule has 1 aromatic carbocycles. The Kier molecular flexibility index (Phi) is 8.20. The molecule has 0 bridgehead atoms. The average molecular weight is 425 g/mol. The van der Waals surface area contributed by atoms with Crippen molar-refractivity contribution in [2.75, 3.05) is 17.2 Å². The molecule has 0 unspecified atom stereocenters. The van der Waals surface area contributed by atoms with E-state index in [2.05, 4.69) is 50.4 Å². The molecule has 2 N–H and O–H groups in total. The van der Waals surface area contributed by atoms with E-state index in [4.69, 9.17) is 0 Å². The SMILES string of the molecule is C/C=C(\C)n1nc(C(C)(C)C)cc1NC(=O)CCCC(=O)CNc1ccc(C)c(C)c1. The third-order valence-corrected chi connectivity index (χ3v) is 5.35. The normalized spacial score (nSPS) is 12.0. The van der Waals surface area contributed by atoms with Crippen LogP contribution in [-0.2, 0) is 15.0 Å². The fourth-order valence-corrected chi connectivity index (χ4v) is 3.02. The number of anilines is 2. The molecule has 0 saturated carbocycles. The fourth-order valence-electron chi connectivity index (χ4n) is 3.02. The molecule has 0 aliphatic rings. The van der Waals surface area contributed by atoms with E-state index in [1.165, 1.54) is 11.1 Å². The molecule has 0 radical (unpaired) electrons. The molecule has 0 spiro atoms. The highest BCUT2D eigenvalue weighted by Gasteiger charge is 2.21. The van der Waals surface area contributed by atoms with Crippen molar-refractivity contribution in [2.24, 2.45) is 0 Å². The van der Waals surface area contributed by atoms with E-state index in [0.717, 1.165) is 17.1 Å². The largest absolute Gasteiger partial charge is 0.378 e. The van der Waals surface area contributed by atoms with E-state index < -0.39 is 0 Å². The van der Waals surface area contributed by atoms with Crippen LogP contribution in [0.1, 0.15) is 70.7 Å². The average Bonchev–Trinajstić information content (AvgIpc) is 3.12. The number of aryl methyl sites for hydroxylation is 2. The van der Waals surface area contributed by atoms with Gasteiger partial charge in [-0.2, -0.15) is 5.10 Å². The van der Waals surface area contributed by atoms with Crippen LogP contribution in [0.5, 0.6) is 0 Å². The second kappa shape index (κ2) is 10.4. The van der Waals surface area contributed by atoms with Gasteiger partial charge in [0, 0.05) is 35.7 Å². The molecule has 1 heterocycles. The van der Waals surface area contributed by atoms with Crippen LogP contribution < -0.4 is 10.6 Å². The van der Waals surface area contributed by atoms with E-state index in [1.807, 2.05) is 44.2 Å². The lowest BCUT2D eigenvalue weighted by Gasteiger charge is -2.14. The lowest BCUT2D eigenvalue weighted by atomic mass is 9.92. The highest BCUT2D eigenvalue weighted by Crippen LogP contribution is 2.26. The second-order valence-corrected chi connectivity index (χ2v) is 9.10. The van der Waals surface area contributed by atoms with E-state index in [9.17, 15) is 9.59 Å². The number of hydrogen-bond donors (Lipinski definition) is 2. The molecular formula is C25H36N4O2. The number of carbonyl (C=O) groups is 2. The van der Waals surface area contributed by atoms with Crippen LogP contribution in [0.15, 0.2) is 30.3 Å². The first kappa shape index (κ1) is 24.4. The van der Waals surface area contributed by atoms with Gasteiger partial charge in [-0.15, -0.1) is 0 Å². The van der Waals surface area contributed by atoms with E-state index in [1.54, 1.807) is 4.68 Å². The Labute approximate surface area is 186 Å². The number of nitrogens with one attached hydrogen (secondary N) is 2. The number of Topliss-reactive ketones (excluding diaryl/α,β-unsaturated/α-hetero) is 1. The van der Waals surface area contributed by atoms with Crippen LogP contribution in [0.3, 0.4) is 0 Å². The van der Waals surface area contributed by atoms with Crippen molar-refractivity contribution < 1.29 is 9.59 Å². The molecule has 0 atom stereocenters. The molecule has 1 aromatic heterocycles. The Morgan fingerprint density at radius 2 is 1.81 bits per heavy atom. The Morgan fingerprint density at radius 3 is 2.42 bits per heavy atom. The molecule has 1 amide bonds. The Morgan fingerprint density at radius 1 is 1.10 bits per heavy atom. The van der Waals surface area contributed by atoms with Gasteiger partial charge in [0.25, 0.3) is 0 Å². The van der Waals surface area contributed by atoms with Gasteiger partial charge in [-0.05, 0) is 57.4 Å². The maximum Gasteiger partial charge on any atom is 0.225 e. The predicted molar refractivity (Wildman–Crippen MR) is 128 cm³/mol. The molecule has 0 aliphatic carbocycles. The van der Waals surface area contributed by atoms with Crippen molar-refractivity contribution in [3.05, 3.63) is 47.2 Å². The summed E-state index contributed by atoms with van der Waals surface area (Å²) < 4.78 is 1.76. The van der Waals surface area contributed by atoms with Gasteiger partial charge < -0.3 is 10.6 Å². The van der Waals surface area contributed by atoms with Crippen LogP contribution in [0.4, 0.5) is 11.5 Å². The van der Waals surface area contributed by atoms with Crippen molar-refractivity contribution >= 4 is 28.9 Å². The van der Waals surface area contributed by atoms with Gasteiger partial charge in [-0.3, -0.25) is 9.59 Å². The Bertz CT molecular complexity index is 964. The number of amides is 1. The summed E-state index contributed by atoms with van der Waals surface area (Å²) in [5.41, 5.74) is 5.10. The first-order chi connectivity index (χ1) is 14.5. The summed E-state index contributed by atoms with van der Waals surface area (Å²) >= 11 is 0. The van der Waals surface area contributed by atoms with Crippen LogP contribution in [-0.4, -0.2) is 28.0 Å². The summed E-state index contributed by atoms with van der Waals surface area (Å²) in [4.78, 5) is 24.7. The molecule has 168 valence electrons. The third-order valence-electron chi connectivity index (χ3n) is 5.35. The molecule has 6 nitrogen and oxygen atoms in total. The van der Waals surface area contributed by atoms with Crippen molar-refractivity contribution in [3.63, 3.8) is 0 Å². The van der Waals surface area contributed by atoms with Gasteiger partial charge in [0.2, 0.25) is 5.91 Å². The summed E-state index contributed by atoms with van der Waals surface area (Å²) in [5, 5.41) is 10.8. The zero-order valence-electron chi connectivity index (χ0n) is 19.9. The van der Waals surface area contributed by atoms with Gasteiger partial charge in [-0.25, -0.2) is 4.68 Å². The van der Waals surface area contributed by atoms with Crippen molar-refractivity contribution in [1.82, 2.24) is 9.78 Å². The number of nitrogens with zero attached hydrogens (tertiary/aromatic N) is 2. The number of allylic oxidation sites excluding steroid dienone is 2. The number of aromatic nitrogens is 2. The molecular weight excluding hydrogens is 388 g/mol. The number of carbonyl (C=O) groups excluding carboxylic acids is 2. The van der Waals surface area contributed by atoms with E-state index in [0.29, 0.717) is 25.1 Å². The van der Waals surface area contributed by atoms with Gasteiger partial charge >= 0.3 is 0 Å². The number of hydrogen-bond acceptors (Lipinski definition) is 4. The fraction of sp³-hybridized carbons (Fsp3) is 0.480. The number of rotatable bonds is 9. The predicted octanol–water partition coefficient (Wildman–Crippen LogP) is 5.47. The van der Waals surface area contributed by atoms with Gasteiger partial charge in [0.15, 0.2) is 5.78 Å². The lowest BCUT2D eigenvalue weighted by molar-refractivity contribution is -0.118. The monoisotopic (exact) mass is 424 g/mol. The van der Waals surface area contributed by atoms with Crippen molar-refractivity contribution in [2.45, 2.75) is 73.1 Å². The van der Waals surface area contributed by atoms with Crippen LogP contribution in [0, 0.1) is 13.8 Å². The molecule has 6 heteroatoms. The first-order valence-corrected chi connectivity index (χ1v) is 10.9. The molecule has 0 fully saturated rings. The summed E-state index contributed by atoms with van der Waals surface area (Å²) in [6.45, 7) is 14.6. The maximum atomic E-state index is 12.5. The zero-order chi connectivity index (χ0) is 23.2. The molecule has 31 heavy (non-hydrogen) atoms. The minimum Gasteiger partial charge on any atom is -0.378 e. The quantitative estimate of drug-likeness (QED) is 0.560. The second-order valence-electron chi connectivity index (χ2n) is 9.10. The van der Waals surface area contributed by atoms with Gasteiger partial charge in [-0.1, -0.05) is 32.9 Å².